The molecule has 2 saturated heterocycles. The largest absolute Gasteiger partial charge is 0.395 e. The lowest BCUT2D eigenvalue weighted by molar-refractivity contribution is -0.133. The first-order valence-electron chi connectivity index (χ1n) is 15.9. The van der Waals surface area contributed by atoms with E-state index in [4.69, 9.17) is 4.99 Å². The minimum absolute atomic E-state index is 0.0589. The van der Waals surface area contributed by atoms with Gasteiger partial charge in [0.25, 0.3) is 5.91 Å². The number of carbonyl (C=O) groups excluding carboxylic acids is 2. The number of rotatable bonds is 7. The highest BCUT2D eigenvalue weighted by Gasteiger charge is 2.52. The van der Waals surface area contributed by atoms with Crippen LogP contribution in [-0.4, -0.2) is 93.9 Å². The number of benzene rings is 2. The maximum atomic E-state index is 14.3. The van der Waals surface area contributed by atoms with Crippen molar-refractivity contribution in [2.75, 3.05) is 45.9 Å². The number of hydrogen-bond donors (Lipinski definition) is 1. The van der Waals surface area contributed by atoms with Crippen LogP contribution < -0.4 is 0 Å². The van der Waals surface area contributed by atoms with Crippen LogP contribution in [0.25, 0.3) is 21.9 Å². The molecule has 2 aliphatic carbocycles. The van der Waals surface area contributed by atoms with Crippen LogP contribution in [0.4, 0.5) is 0 Å². The van der Waals surface area contributed by atoms with Crippen molar-refractivity contribution < 1.29 is 14.7 Å². The Labute approximate surface area is 257 Å². The zero-order valence-electron chi connectivity index (χ0n) is 24.9. The fourth-order valence-corrected chi connectivity index (χ4v) is 7.43. The number of fused-ring (bicyclic) bond motifs is 1. The average Bonchev–Trinajstić information content (AvgIpc) is 3.74. The van der Waals surface area contributed by atoms with Crippen LogP contribution in [0.5, 0.6) is 0 Å². The van der Waals surface area contributed by atoms with Crippen molar-refractivity contribution in [1.29, 1.82) is 0 Å². The second-order valence-electron chi connectivity index (χ2n) is 13.1. The first-order chi connectivity index (χ1) is 21.5. The Bertz CT molecular complexity index is 1740. The second-order valence-corrected chi connectivity index (χ2v) is 13.1. The van der Waals surface area contributed by atoms with Crippen molar-refractivity contribution in [3.8, 4) is 11.1 Å². The quantitative estimate of drug-likeness (QED) is 0.422. The normalized spacial score (nSPS) is 24.3. The van der Waals surface area contributed by atoms with Gasteiger partial charge in [0, 0.05) is 73.0 Å². The van der Waals surface area contributed by atoms with E-state index in [1.54, 1.807) is 0 Å². The van der Waals surface area contributed by atoms with Crippen molar-refractivity contribution in [1.82, 2.24) is 19.7 Å². The third-order valence-electron chi connectivity index (χ3n) is 10.4. The van der Waals surface area contributed by atoms with Gasteiger partial charge in [0.15, 0.2) is 0 Å². The molecule has 0 radical (unpaired) electrons. The molecular weight excluding hydrogens is 550 g/mol. The number of amidine groups is 1. The number of carbonyl (C=O) groups is 2. The lowest BCUT2D eigenvalue weighted by Gasteiger charge is -2.37. The van der Waals surface area contributed by atoms with Crippen molar-refractivity contribution in [3.05, 3.63) is 83.9 Å². The van der Waals surface area contributed by atoms with E-state index >= 15 is 0 Å². The Morgan fingerprint density at radius 2 is 1.73 bits per heavy atom. The summed E-state index contributed by atoms with van der Waals surface area (Å²) in [5, 5.41) is 11.7. The number of aliphatic imine (C=N–C) groups is 1. The number of aromatic nitrogens is 1. The van der Waals surface area contributed by atoms with Gasteiger partial charge in [0.1, 0.15) is 11.4 Å². The molecule has 1 unspecified atom stereocenters. The van der Waals surface area contributed by atoms with Crippen LogP contribution in [0, 0.1) is 11.3 Å². The van der Waals surface area contributed by atoms with Crippen LogP contribution in [0.1, 0.15) is 37.7 Å². The van der Waals surface area contributed by atoms with Crippen molar-refractivity contribution in [3.63, 3.8) is 0 Å². The minimum atomic E-state index is -0.781. The van der Waals surface area contributed by atoms with Crippen LogP contribution in [0.3, 0.4) is 0 Å². The zero-order chi connectivity index (χ0) is 29.9. The lowest BCUT2D eigenvalue weighted by atomic mass is 9.73. The standard InChI is InChI=1S/C36H37N5O3/c42-20-19-39-16-13-36(14-17-39)34(44)41(23-31-9-11-35(31)12-18-40(24-35)33(43)27-5-6-27)32(38-36)26-3-1-25(2-4-26)28-7-8-30-22-37-15-10-29(30)21-28/h1-4,7-8,10-11,15,21-22,27,42H,5-6,12-14,16-20,23-24H2. The molecule has 0 bridgehead atoms. The maximum absolute atomic E-state index is 14.3. The van der Waals surface area contributed by atoms with E-state index in [-0.39, 0.29) is 29.8 Å². The van der Waals surface area contributed by atoms with Gasteiger partial charge >= 0.3 is 0 Å². The Balaban J connectivity index is 1.08. The smallest absolute Gasteiger partial charge is 0.256 e. The van der Waals surface area contributed by atoms with Crippen molar-refractivity contribution in [2.45, 2.75) is 37.6 Å². The fraction of sp³-hybridized carbons (Fsp3) is 0.417. The van der Waals surface area contributed by atoms with Gasteiger partial charge in [0.2, 0.25) is 5.91 Å². The molecular formula is C36H37N5O3. The number of amides is 2. The molecule has 4 heterocycles. The predicted molar refractivity (Wildman–Crippen MR) is 169 cm³/mol. The molecule has 2 aromatic carbocycles. The van der Waals surface area contributed by atoms with E-state index in [0.717, 1.165) is 77.8 Å². The molecule has 5 aliphatic rings. The highest BCUT2D eigenvalue weighted by atomic mass is 16.3. The third-order valence-corrected chi connectivity index (χ3v) is 10.4. The van der Waals surface area contributed by atoms with Crippen molar-refractivity contribution in [2.24, 2.45) is 16.3 Å². The Hall–Kier alpha value is -4.10. The molecule has 1 saturated carbocycles. The van der Waals surface area contributed by atoms with E-state index in [9.17, 15) is 14.7 Å². The van der Waals surface area contributed by atoms with Crippen molar-refractivity contribution >= 4 is 28.4 Å². The number of piperidine rings is 1. The highest BCUT2D eigenvalue weighted by molar-refractivity contribution is 6.15. The lowest BCUT2D eigenvalue weighted by Crippen LogP contribution is -2.51. The topological polar surface area (TPSA) is 89.3 Å². The first kappa shape index (κ1) is 27.4. The number of hydrogen-bond acceptors (Lipinski definition) is 6. The molecule has 3 aliphatic heterocycles. The van der Waals surface area contributed by atoms with Gasteiger partial charge in [0.05, 0.1) is 13.2 Å². The summed E-state index contributed by atoms with van der Waals surface area (Å²) >= 11 is 0. The molecule has 2 spiro atoms. The van der Waals surface area contributed by atoms with Gasteiger partial charge < -0.3 is 14.9 Å². The second kappa shape index (κ2) is 10.5. The summed E-state index contributed by atoms with van der Waals surface area (Å²) in [5.74, 6) is 1.29. The number of aliphatic hydroxyl groups is 1. The summed E-state index contributed by atoms with van der Waals surface area (Å²) in [6, 6.07) is 16.8. The van der Waals surface area contributed by atoms with Gasteiger partial charge in [-0.15, -0.1) is 5.73 Å². The molecule has 224 valence electrons. The van der Waals surface area contributed by atoms with Gasteiger partial charge in [-0.3, -0.25) is 24.5 Å². The summed E-state index contributed by atoms with van der Waals surface area (Å²) in [4.78, 5) is 42.7. The van der Waals surface area contributed by atoms with Gasteiger partial charge in [-0.1, -0.05) is 36.4 Å². The SMILES string of the molecule is O=C(C1CC1)N1CCC2(C=C=C2CN2C(=O)C3(CCN(CCO)CC3)N=C2c2ccc(-c3ccc4cnccc4c3)cc2)C1. The molecule has 1 atom stereocenters. The Morgan fingerprint density at radius 1 is 0.955 bits per heavy atom. The number of pyridine rings is 1. The van der Waals surface area contributed by atoms with E-state index in [2.05, 4.69) is 64.2 Å². The van der Waals surface area contributed by atoms with Gasteiger partial charge in [-0.25, -0.2) is 0 Å². The zero-order valence-corrected chi connectivity index (χ0v) is 24.9. The third kappa shape index (κ3) is 4.60. The summed E-state index contributed by atoms with van der Waals surface area (Å²) in [5.41, 5.74) is 6.71. The summed E-state index contributed by atoms with van der Waals surface area (Å²) in [7, 11) is 0. The molecule has 1 aromatic heterocycles. The monoisotopic (exact) mass is 587 g/mol. The van der Waals surface area contributed by atoms with Crippen LogP contribution in [-0.2, 0) is 9.59 Å². The predicted octanol–water partition coefficient (Wildman–Crippen LogP) is 4.04. The fourth-order valence-electron chi connectivity index (χ4n) is 7.43. The van der Waals surface area contributed by atoms with E-state index in [1.807, 2.05) is 28.3 Å². The van der Waals surface area contributed by atoms with Gasteiger partial charge in [-0.2, -0.15) is 0 Å². The molecule has 3 fully saturated rings. The molecule has 3 aromatic rings. The highest BCUT2D eigenvalue weighted by Crippen LogP contribution is 2.46. The molecule has 8 heteroatoms. The van der Waals surface area contributed by atoms with Gasteiger partial charge in [-0.05, 0) is 66.8 Å². The maximum Gasteiger partial charge on any atom is 0.256 e. The van der Waals surface area contributed by atoms with E-state index in [1.165, 1.54) is 0 Å². The van der Waals surface area contributed by atoms with Crippen LogP contribution in [0.2, 0.25) is 0 Å². The molecule has 44 heavy (non-hydrogen) atoms. The number of likely N-dealkylation sites (tertiary alicyclic amines) is 2. The number of nitrogens with zero attached hydrogens (tertiary/aromatic N) is 5. The molecule has 2 amide bonds. The average molecular weight is 588 g/mol. The summed E-state index contributed by atoms with van der Waals surface area (Å²) < 4.78 is 0. The number of β-amino-alcohol motifs (C(OH)–C–C–N with tert-alkyl or cyclic N) is 1. The number of aliphatic hydroxyl groups excluding tert-OH is 1. The van der Waals surface area contributed by atoms with Crippen LogP contribution in [0.15, 0.2) is 83.3 Å². The minimum Gasteiger partial charge on any atom is -0.395 e. The summed E-state index contributed by atoms with van der Waals surface area (Å²) in [6.07, 6.45) is 10.0. The van der Waals surface area contributed by atoms with E-state index < -0.39 is 5.54 Å². The Morgan fingerprint density at radius 3 is 2.45 bits per heavy atom. The van der Waals surface area contributed by atoms with Crippen LogP contribution >= 0.6 is 0 Å². The first-order valence-corrected chi connectivity index (χ1v) is 15.9. The summed E-state index contributed by atoms with van der Waals surface area (Å²) in [6.45, 7) is 4.11. The molecule has 8 rings (SSSR count). The van der Waals surface area contributed by atoms with E-state index in [0.29, 0.717) is 32.5 Å². The Kier molecular flexibility index (Phi) is 6.56. The molecule has 1 N–H and O–H groups in total. The molecule has 8 nitrogen and oxygen atoms in total.